The summed E-state index contributed by atoms with van der Waals surface area (Å²) in [5.41, 5.74) is 2.31. The van der Waals surface area contributed by atoms with Gasteiger partial charge in [-0.15, -0.1) is 0 Å². The molecule has 1 aliphatic heterocycles. The Morgan fingerprint density at radius 2 is 1.18 bits per heavy atom. The summed E-state index contributed by atoms with van der Waals surface area (Å²) in [6.07, 6.45) is 4.89. The molecule has 0 radical (unpaired) electrons. The Labute approximate surface area is 392 Å². The lowest BCUT2D eigenvalue weighted by Gasteiger charge is -2.73. The molecule has 9 rings (SSSR count). The zero-order chi connectivity index (χ0) is 46.8. The molecule has 6 aliphatic rings. The summed E-state index contributed by atoms with van der Waals surface area (Å²) in [7, 11) is 0. The van der Waals surface area contributed by atoms with Gasteiger partial charge in [-0.2, -0.15) is 0 Å². The molecular formula is C57H72O9. The number of allylic oxidation sites excluding steroid dienone is 1. The third kappa shape index (κ3) is 7.67. The van der Waals surface area contributed by atoms with Crippen molar-refractivity contribution in [3.8, 4) is 0 Å². The van der Waals surface area contributed by atoms with Crippen molar-refractivity contribution in [2.24, 2.45) is 56.7 Å². The summed E-state index contributed by atoms with van der Waals surface area (Å²) in [5, 5.41) is 11.0. The number of hydrogen-bond donors (Lipinski definition) is 1. The first kappa shape index (κ1) is 46.8. The number of rotatable bonds is 10. The van der Waals surface area contributed by atoms with Gasteiger partial charge < -0.3 is 28.8 Å². The van der Waals surface area contributed by atoms with Crippen LogP contribution in [-0.4, -0.2) is 66.4 Å². The summed E-state index contributed by atoms with van der Waals surface area (Å²) in [5.74, 6) is 0.494. The highest BCUT2D eigenvalue weighted by atomic mass is 16.7. The number of fused-ring (bicyclic) bond motifs is 7. The first-order valence-electron chi connectivity index (χ1n) is 24.8. The van der Waals surface area contributed by atoms with E-state index in [9.17, 15) is 19.5 Å². The maximum atomic E-state index is 14.1. The highest BCUT2D eigenvalue weighted by Crippen LogP contribution is 2.77. The number of esters is 3. The van der Waals surface area contributed by atoms with E-state index < -0.39 is 48.6 Å². The van der Waals surface area contributed by atoms with E-state index in [2.05, 4.69) is 48.1 Å². The van der Waals surface area contributed by atoms with Crippen LogP contribution in [0.3, 0.4) is 0 Å². The van der Waals surface area contributed by atoms with Gasteiger partial charge in [0.1, 0.15) is 0 Å². The van der Waals surface area contributed by atoms with E-state index in [1.807, 2.05) is 18.2 Å². The summed E-state index contributed by atoms with van der Waals surface area (Å²) >= 11 is 0. The van der Waals surface area contributed by atoms with Crippen LogP contribution >= 0.6 is 0 Å². The maximum Gasteiger partial charge on any atom is 0.338 e. The number of benzene rings is 3. The highest BCUT2D eigenvalue weighted by Gasteiger charge is 2.71. The van der Waals surface area contributed by atoms with Gasteiger partial charge in [0.2, 0.25) is 0 Å². The van der Waals surface area contributed by atoms with Crippen LogP contribution in [0.4, 0.5) is 0 Å². The third-order valence-electron chi connectivity index (χ3n) is 19.3. The minimum absolute atomic E-state index is 0.0178. The second kappa shape index (κ2) is 17.6. The quantitative estimate of drug-likeness (QED) is 0.0918. The number of carbonyl (C=O) groups excluding carboxylic acids is 3. The standard InChI is InChI=1S/C57H72O9/c1-35(2)40-26-31-57(34-58)33-32-55(7)41(45(40)57)24-25-43-54(6)29-28-44(53(4,5)42(54)27-30-56(43,55)8)63-52-48(66-51(61)39-22-16-11-17-23-39)47(65-50(60)38-20-14-10-15-21-38)46(36(3)62-52)64-49(59)37-18-12-9-13-19-37/h9-23,36,40-48,52,58H,1,24-34H2,2-8H3/t36-,40-,41+,42-,43+,44-,45+,46-,47+,48+,52-,54-,55+,56+,57+/m0/s1. The molecule has 15 atom stereocenters. The maximum absolute atomic E-state index is 14.1. The average molecular weight is 901 g/mol. The normalized spacial score (nSPS) is 40.0. The van der Waals surface area contributed by atoms with Crippen LogP contribution in [0, 0.1) is 56.7 Å². The van der Waals surface area contributed by atoms with Gasteiger partial charge in [-0.1, -0.05) is 101 Å². The predicted octanol–water partition coefficient (Wildman–Crippen LogP) is 11.4. The third-order valence-corrected chi connectivity index (χ3v) is 19.3. The zero-order valence-electron chi connectivity index (χ0n) is 40.2. The largest absolute Gasteiger partial charge is 0.452 e. The number of aliphatic hydroxyl groups is 1. The van der Waals surface area contributed by atoms with Gasteiger partial charge in [-0.25, -0.2) is 14.4 Å². The molecule has 0 aromatic heterocycles. The molecule has 3 aromatic carbocycles. The van der Waals surface area contributed by atoms with E-state index in [1.165, 1.54) is 24.8 Å². The van der Waals surface area contributed by atoms with Gasteiger partial charge in [0.15, 0.2) is 24.6 Å². The summed E-state index contributed by atoms with van der Waals surface area (Å²) in [4.78, 5) is 41.8. The van der Waals surface area contributed by atoms with Gasteiger partial charge in [0.25, 0.3) is 0 Å². The molecule has 0 amide bonds. The van der Waals surface area contributed by atoms with E-state index >= 15 is 0 Å². The lowest BCUT2D eigenvalue weighted by molar-refractivity contribution is -0.324. The minimum Gasteiger partial charge on any atom is -0.452 e. The van der Waals surface area contributed by atoms with Crippen LogP contribution in [0.2, 0.25) is 0 Å². The molecule has 3 aromatic rings. The molecule has 9 heteroatoms. The fourth-order valence-electron chi connectivity index (χ4n) is 15.7. The number of ether oxygens (including phenoxy) is 5. The van der Waals surface area contributed by atoms with Crippen molar-refractivity contribution in [2.75, 3.05) is 6.61 Å². The Hall–Kier alpha value is -4.31. The monoisotopic (exact) mass is 901 g/mol. The smallest absolute Gasteiger partial charge is 0.338 e. The lowest BCUT2D eigenvalue weighted by Crippen LogP contribution is -2.67. The highest BCUT2D eigenvalue weighted by molar-refractivity contribution is 5.91. The molecule has 1 saturated heterocycles. The SMILES string of the molecule is C=C(C)[C@@H]1CC[C@]2(CO)CC[C@]3(C)[C@H](CC[C@@H]4[C@@]5(C)CC[C@H](O[C@@H]6O[C@@H](C)[C@H](OC(=O)c7ccccc7)[C@@H](OC(=O)c7ccccc7)[C@H]6OC(=O)c6ccccc6)C(C)(C)[C@@H]5CC[C@]43C)[C@@H]12. The van der Waals surface area contributed by atoms with Crippen molar-refractivity contribution in [3.63, 3.8) is 0 Å². The summed E-state index contributed by atoms with van der Waals surface area (Å²) < 4.78 is 32.8. The molecule has 5 aliphatic carbocycles. The fourth-order valence-corrected chi connectivity index (χ4v) is 15.7. The zero-order valence-corrected chi connectivity index (χ0v) is 40.2. The Kier molecular flexibility index (Phi) is 12.5. The van der Waals surface area contributed by atoms with Gasteiger partial charge in [0, 0.05) is 6.61 Å². The van der Waals surface area contributed by atoms with Gasteiger partial charge in [0.05, 0.1) is 28.9 Å². The van der Waals surface area contributed by atoms with Crippen LogP contribution in [0.1, 0.15) is 144 Å². The van der Waals surface area contributed by atoms with Crippen LogP contribution in [-0.2, 0) is 23.7 Å². The van der Waals surface area contributed by atoms with Gasteiger partial charge in [-0.3, -0.25) is 0 Å². The summed E-state index contributed by atoms with van der Waals surface area (Å²) in [6, 6.07) is 25.9. The van der Waals surface area contributed by atoms with Gasteiger partial charge >= 0.3 is 17.9 Å². The number of aliphatic hydroxyl groups excluding tert-OH is 1. The molecule has 66 heavy (non-hydrogen) atoms. The molecule has 0 unspecified atom stereocenters. The minimum atomic E-state index is -1.29. The Balaban J connectivity index is 1.01. The molecule has 354 valence electrons. The van der Waals surface area contributed by atoms with Crippen LogP contribution in [0.25, 0.3) is 0 Å². The van der Waals surface area contributed by atoms with Crippen molar-refractivity contribution >= 4 is 17.9 Å². The van der Waals surface area contributed by atoms with Crippen molar-refractivity contribution in [1.82, 2.24) is 0 Å². The Bertz CT molecular complexity index is 2260. The second-order valence-electron chi connectivity index (χ2n) is 22.6. The fraction of sp³-hybridized carbons (Fsp3) is 0.596. The number of carbonyl (C=O) groups is 3. The molecule has 5 saturated carbocycles. The number of hydrogen-bond acceptors (Lipinski definition) is 9. The Morgan fingerprint density at radius 3 is 1.73 bits per heavy atom. The topological polar surface area (TPSA) is 118 Å². The van der Waals surface area contributed by atoms with E-state index in [0.717, 1.165) is 44.9 Å². The van der Waals surface area contributed by atoms with Crippen molar-refractivity contribution in [2.45, 2.75) is 149 Å². The molecule has 0 bridgehead atoms. The van der Waals surface area contributed by atoms with E-state index in [4.69, 9.17) is 23.7 Å². The molecule has 1 heterocycles. The first-order valence-corrected chi connectivity index (χ1v) is 24.8. The van der Waals surface area contributed by atoms with Gasteiger partial charge in [-0.05, 0) is 171 Å². The average Bonchev–Trinajstić information content (AvgIpc) is 3.71. The van der Waals surface area contributed by atoms with Crippen molar-refractivity contribution in [1.29, 1.82) is 0 Å². The van der Waals surface area contributed by atoms with Crippen molar-refractivity contribution < 1.29 is 43.2 Å². The second-order valence-corrected chi connectivity index (χ2v) is 22.6. The van der Waals surface area contributed by atoms with E-state index in [-0.39, 0.29) is 39.8 Å². The summed E-state index contributed by atoms with van der Waals surface area (Å²) in [6.45, 7) is 21.3. The van der Waals surface area contributed by atoms with Crippen LogP contribution in [0.5, 0.6) is 0 Å². The van der Waals surface area contributed by atoms with E-state index in [0.29, 0.717) is 46.3 Å². The lowest BCUT2D eigenvalue weighted by atomic mass is 9.32. The molecular weight excluding hydrogens is 829 g/mol. The first-order chi connectivity index (χ1) is 31.5. The van der Waals surface area contributed by atoms with Crippen LogP contribution in [0.15, 0.2) is 103 Å². The molecule has 0 spiro atoms. The molecule has 6 fully saturated rings. The Morgan fingerprint density at radius 1 is 0.636 bits per heavy atom. The van der Waals surface area contributed by atoms with E-state index in [1.54, 1.807) is 79.7 Å². The molecule has 9 nitrogen and oxygen atoms in total. The molecule has 1 N–H and O–H groups in total. The predicted molar refractivity (Wildman–Crippen MR) is 252 cm³/mol. The van der Waals surface area contributed by atoms with Crippen molar-refractivity contribution in [3.05, 3.63) is 120 Å². The van der Waals surface area contributed by atoms with Crippen LogP contribution < -0.4 is 0 Å².